The molecular formula is C12H12O3. The molecule has 15 heavy (non-hydrogen) atoms. The number of allylic oxidation sites excluding steroid dienone is 2. The molecule has 0 aromatic rings. The number of rotatable bonds is 0. The van der Waals surface area contributed by atoms with Gasteiger partial charge >= 0.3 is 0 Å². The number of hydrogen-bond donors (Lipinski definition) is 1. The van der Waals surface area contributed by atoms with Crippen molar-refractivity contribution >= 4 is 11.6 Å². The Bertz CT molecular complexity index is 438. The lowest BCUT2D eigenvalue weighted by Crippen LogP contribution is -2.41. The summed E-state index contributed by atoms with van der Waals surface area (Å²) in [7, 11) is 0. The van der Waals surface area contributed by atoms with Crippen molar-refractivity contribution in [2.24, 2.45) is 11.3 Å². The van der Waals surface area contributed by atoms with Crippen molar-refractivity contribution in [1.82, 2.24) is 0 Å². The van der Waals surface area contributed by atoms with E-state index in [-0.39, 0.29) is 17.5 Å². The summed E-state index contributed by atoms with van der Waals surface area (Å²) in [6.45, 7) is 1.87. The maximum absolute atomic E-state index is 11.9. The number of carbonyl (C=O) groups excluding carboxylic acids is 2. The normalized spacial score (nSPS) is 36.4. The first kappa shape index (κ1) is 9.04. The van der Waals surface area contributed by atoms with E-state index in [0.717, 1.165) is 18.4 Å². The molecule has 2 unspecified atom stereocenters. The van der Waals surface area contributed by atoms with Gasteiger partial charge in [-0.05, 0) is 25.8 Å². The van der Waals surface area contributed by atoms with Gasteiger partial charge in [0.2, 0.25) is 0 Å². The number of carbonyl (C=O) groups is 2. The molecule has 1 spiro atoms. The highest BCUT2D eigenvalue weighted by Crippen LogP contribution is 2.58. The summed E-state index contributed by atoms with van der Waals surface area (Å²) in [4.78, 5) is 23.6. The molecule has 3 heteroatoms. The van der Waals surface area contributed by atoms with Gasteiger partial charge in [-0.15, -0.1) is 0 Å². The Labute approximate surface area is 87.5 Å². The van der Waals surface area contributed by atoms with Gasteiger partial charge in [-0.1, -0.05) is 11.6 Å². The van der Waals surface area contributed by atoms with E-state index in [4.69, 9.17) is 0 Å². The largest absolute Gasteiger partial charge is 0.384 e. The molecule has 0 radical (unpaired) electrons. The molecule has 1 N–H and O–H groups in total. The van der Waals surface area contributed by atoms with Crippen molar-refractivity contribution < 1.29 is 14.7 Å². The molecule has 3 aliphatic rings. The average molecular weight is 204 g/mol. The van der Waals surface area contributed by atoms with Crippen molar-refractivity contribution in [3.8, 4) is 0 Å². The second kappa shape index (κ2) is 2.47. The Balaban J connectivity index is 2.21. The molecule has 3 aliphatic carbocycles. The summed E-state index contributed by atoms with van der Waals surface area (Å²) >= 11 is 0. The Hall–Kier alpha value is -1.22. The molecule has 3 rings (SSSR count). The fourth-order valence-corrected chi connectivity index (χ4v) is 2.87. The van der Waals surface area contributed by atoms with Crippen LogP contribution in [0.15, 0.2) is 23.3 Å². The maximum Gasteiger partial charge on any atom is 0.182 e. The molecule has 0 heterocycles. The topological polar surface area (TPSA) is 54.4 Å². The zero-order valence-corrected chi connectivity index (χ0v) is 8.49. The molecule has 1 fully saturated rings. The predicted molar refractivity (Wildman–Crippen MR) is 53.0 cm³/mol. The van der Waals surface area contributed by atoms with E-state index in [0.29, 0.717) is 5.57 Å². The Morgan fingerprint density at radius 3 is 2.67 bits per heavy atom. The van der Waals surface area contributed by atoms with E-state index in [1.165, 1.54) is 6.08 Å². The maximum atomic E-state index is 11.9. The van der Waals surface area contributed by atoms with Crippen LogP contribution in [0.1, 0.15) is 19.8 Å². The molecule has 3 nitrogen and oxygen atoms in total. The summed E-state index contributed by atoms with van der Waals surface area (Å²) in [6, 6.07) is 0. The van der Waals surface area contributed by atoms with Gasteiger partial charge in [0.05, 0.1) is 5.41 Å². The van der Waals surface area contributed by atoms with Crippen molar-refractivity contribution in [3.05, 3.63) is 23.3 Å². The van der Waals surface area contributed by atoms with Gasteiger partial charge in [0, 0.05) is 11.5 Å². The first-order chi connectivity index (χ1) is 7.08. The highest BCUT2D eigenvalue weighted by atomic mass is 16.3. The lowest BCUT2D eigenvalue weighted by molar-refractivity contribution is -0.133. The third-order valence-corrected chi connectivity index (χ3v) is 4.01. The molecular weight excluding hydrogens is 192 g/mol. The van der Waals surface area contributed by atoms with Crippen LogP contribution in [0.4, 0.5) is 0 Å². The second-order valence-corrected chi connectivity index (χ2v) is 4.68. The van der Waals surface area contributed by atoms with Crippen molar-refractivity contribution in [3.63, 3.8) is 0 Å². The minimum Gasteiger partial charge on any atom is -0.384 e. The standard InChI is InChI=1S/C12H12O3/c1-6-9-7(2-3-8(9)13)10(14)11(15)12(6)4-5-12/h2-3,7,10,14H,4-5H2,1H3. The first-order valence-corrected chi connectivity index (χ1v) is 5.24. The third-order valence-electron chi connectivity index (χ3n) is 4.01. The van der Waals surface area contributed by atoms with Gasteiger partial charge in [-0.25, -0.2) is 0 Å². The first-order valence-electron chi connectivity index (χ1n) is 5.24. The Morgan fingerprint density at radius 1 is 1.40 bits per heavy atom. The number of aliphatic hydroxyl groups excluding tert-OH is 1. The quantitative estimate of drug-likeness (QED) is 0.634. The van der Waals surface area contributed by atoms with Crippen LogP contribution in [0.25, 0.3) is 0 Å². The summed E-state index contributed by atoms with van der Waals surface area (Å²) in [6.07, 6.45) is 3.70. The molecule has 1 saturated carbocycles. The monoisotopic (exact) mass is 204 g/mol. The van der Waals surface area contributed by atoms with Gasteiger partial charge < -0.3 is 5.11 Å². The van der Waals surface area contributed by atoms with Gasteiger partial charge in [0.15, 0.2) is 11.6 Å². The smallest absolute Gasteiger partial charge is 0.182 e. The number of fused-ring (bicyclic) bond motifs is 1. The van der Waals surface area contributed by atoms with Gasteiger partial charge in [0.1, 0.15) is 6.10 Å². The summed E-state index contributed by atoms with van der Waals surface area (Å²) < 4.78 is 0. The molecule has 0 bridgehead atoms. The van der Waals surface area contributed by atoms with E-state index in [9.17, 15) is 14.7 Å². The van der Waals surface area contributed by atoms with Crippen molar-refractivity contribution in [2.75, 3.05) is 0 Å². The van der Waals surface area contributed by atoms with Crippen molar-refractivity contribution in [1.29, 1.82) is 0 Å². The highest BCUT2D eigenvalue weighted by molar-refractivity contribution is 6.12. The van der Waals surface area contributed by atoms with Crippen LogP contribution < -0.4 is 0 Å². The van der Waals surface area contributed by atoms with Crippen LogP contribution in [0.3, 0.4) is 0 Å². The number of ketones is 2. The SMILES string of the molecule is CC1=C2C(=O)C=CC2C(O)C(=O)C12CC2. The highest BCUT2D eigenvalue weighted by Gasteiger charge is 2.59. The van der Waals surface area contributed by atoms with E-state index < -0.39 is 11.5 Å². The Kier molecular flexibility index (Phi) is 1.49. The average Bonchev–Trinajstić information content (AvgIpc) is 2.93. The molecule has 78 valence electrons. The van der Waals surface area contributed by atoms with Crippen LogP contribution in [0.2, 0.25) is 0 Å². The molecule has 0 aliphatic heterocycles. The second-order valence-electron chi connectivity index (χ2n) is 4.68. The fraction of sp³-hybridized carbons (Fsp3) is 0.500. The minimum absolute atomic E-state index is 0.0321. The number of aliphatic hydroxyl groups is 1. The zero-order valence-electron chi connectivity index (χ0n) is 8.49. The Morgan fingerprint density at radius 2 is 2.07 bits per heavy atom. The van der Waals surface area contributed by atoms with Gasteiger partial charge in [0.25, 0.3) is 0 Å². The summed E-state index contributed by atoms with van der Waals surface area (Å²) in [5.41, 5.74) is 1.09. The van der Waals surface area contributed by atoms with Gasteiger partial charge in [-0.2, -0.15) is 0 Å². The van der Waals surface area contributed by atoms with Crippen LogP contribution in [-0.2, 0) is 9.59 Å². The van der Waals surface area contributed by atoms with E-state index in [2.05, 4.69) is 0 Å². The lowest BCUT2D eigenvalue weighted by atomic mass is 9.73. The number of hydrogen-bond acceptors (Lipinski definition) is 3. The minimum atomic E-state index is -1.01. The van der Waals surface area contributed by atoms with Crippen LogP contribution in [0, 0.1) is 11.3 Å². The molecule has 0 saturated heterocycles. The van der Waals surface area contributed by atoms with Crippen molar-refractivity contribution in [2.45, 2.75) is 25.9 Å². The van der Waals surface area contributed by atoms with E-state index in [1.54, 1.807) is 6.08 Å². The molecule has 0 aromatic carbocycles. The van der Waals surface area contributed by atoms with E-state index in [1.807, 2.05) is 6.92 Å². The summed E-state index contributed by atoms with van der Waals surface area (Å²) in [5.74, 6) is -0.500. The fourth-order valence-electron chi connectivity index (χ4n) is 2.87. The van der Waals surface area contributed by atoms with E-state index >= 15 is 0 Å². The third kappa shape index (κ3) is 0.893. The zero-order chi connectivity index (χ0) is 10.8. The van der Waals surface area contributed by atoms with Crippen LogP contribution in [0.5, 0.6) is 0 Å². The number of Topliss-reactive ketones (excluding diaryl/α,β-unsaturated/α-hetero) is 1. The lowest BCUT2D eigenvalue weighted by Gasteiger charge is -2.31. The predicted octanol–water partition coefficient (Wildman–Crippen LogP) is 0.782. The van der Waals surface area contributed by atoms with Crippen LogP contribution >= 0.6 is 0 Å². The van der Waals surface area contributed by atoms with Crippen LogP contribution in [-0.4, -0.2) is 22.8 Å². The summed E-state index contributed by atoms with van der Waals surface area (Å²) in [5, 5.41) is 9.87. The molecule has 0 aromatic heterocycles. The van der Waals surface area contributed by atoms with Gasteiger partial charge in [-0.3, -0.25) is 9.59 Å². The molecule has 0 amide bonds. The molecule has 2 atom stereocenters.